The number of hydrogen-bond donors (Lipinski definition) is 2. The highest BCUT2D eigenvalue weighted by molar-refractivity contribution is 9.10. The predicted molar refractivity (Wildman–Crippen MR) is 77.9 cm³/mol. The van der Waals surface area contributed by atoms with Gasteiger partial charge in [0.2, 0.25) is 5.91 Å². The molecule has 1 aliphatic carbocycles. The lowest BCUT2D eigenvalue weighted by molar-refractivity contribution is -0.117. The Morgan fingerprint density at radius 1 is 1.53 bits per heavy atom. The summed E-state index contributed by atoms with van der Waals surface area (Å²) < 4.78 is 0.839. The lowest BCUT2D eigenvalue weighted by atomic mass is 10.1. The summed E-state index contributed by atoms with van der Waals surface area (Å²) in [6.07, 6.45) is 2.73. The lowest BCUT2D eigenvalue weighted by Gasteiger charge is -2.12. The van der Waals surface area contributed by atoms with Crippen LogP contribution < -0.4 is 5.32 Å². The van der Waals surface area contributed by atoms with Crippen LogP contribution in [0.5, 0.6) is 0 Å². The minimum Gasteiger partial charge on any atom is -0.325 e. The molecule has 0 radical (unpaired) electrons. The molecule has 17 heavy (non-hydrogen) atoms. The normalized spacial score (nSPS) is 16.6. The summed E-state index contributed by atoms with van der Waals surface area (Å²) in [5, 5.41) is 3.49. The molecule has 0 aromatic heterocycles. The van der Waals surface area contributed by atoms with Gasteiger partial charge in [-0.3, -0.25) is 4.79 Å². The van der Waals surface area contributed by atoms with Crippen LogP contribution in [-0.4, -0.2) is 11.7 Å². The number of thiol groups is 1. The van der Waals surface area contributed by atoms with Gasteiger partial charge >= 0.3 is 0 Å². The predicted octanol–water partition coefficient (Wildman–Crippen LogP) is 4.14. The third kappa shape index (κ3) is 3.39. The van der Waals surface area contributed by atoms with E-state index in [1.807, 2.05) is 6.07 Å². The number of benzene rings is 1. The first-order chi connectivity index (χ1) is 8.04. The minimum atomic E-state index is 0.0273. The first-order valence-corrected chi connectivity index (χ1v) is 7.21. The van der Waals surface area contributed by atoms with E-state index in [1.54, 1.807) is 12.1 Å². The maximum atomic E-state index is 11.9. The monoisotopic (exact) mass is 333 g/mol. The maximum absolute atomic E-state index is 11.9. The van der Waals surface area contributed by atoms with Gasteiger partial charge in [-0.05, 0) is 58.1 Å². The zero-order valence-corrected chi connectivity index (χ0v) is 12.4. The first-order valence-electron chi connectivity index (χ1n) is 5.40. The summed E-state index contributed by atoms with van der Waals surface area (Å²) in [6, 6.07) is 5.34. The van der Waals surface area contributed by atoms with Crippen molar-refractivity contribution in [1.82, 2.24) is 0 Å². The van der Waals surface area contributed by atoms with E-state index in [-0.39, 0.29) is 11.3 Å². The molecule has 0 aliphatic heterocycles. The molecule has 1 aromatic rings. The van der Waals surface area contributed by atoms with E-state index >= 15 is 0 Å². The number of halogens is 2. The number of hydrogen-bond acceptors (Lipinski definition) is 2. The summed E-state index contributed by atoms with van der Waals surface area (Å²) in [7, 11) is 0. The molecule has 0 bridgehead atoms. The first kappa shape index (κ1) is 13.2. The molecule has 0 spiro atoms. The fourth-order valence-electron chi connectivity index (χ4n) is 1.70. The van der Waals surface area contributed by atoms with E-state index in [4.69, 9.17) is 11.6 Å². The molecule has 2 rings (SSSR count). The molecule has 0 unspecified atom stereocenters. The van der Waals surface area contributed by atoms with Gasteiger partial charge in [0.25, 0.3) is 0 Å². The van der Waals surface area contributed by atoms with Gasteiger partial charge in [-0.15, -0.1) is 0 Å². The number of nitrogens with one attached hydrogen (secondary N) is 1. The third-order valence-corrected chi connectivity index (χ3v) is 4.63. The molecular weight excluding hydrogens is 322 g/mol. The van der Waals surface area contributed by atoms with Gasteiger partial charge in [0.05, 0.1) is 5.69 Å². The van der Waals surface area contributed by atoms with Crippen molar-refractivity contribution in [2.45, 2.75) is 19.3 Å². The van der Waals surface area contributed by atoms with Crippen molar-refractivity contribution < 1.29 is 4.79 Å². The highest BCUT2D eigenvalue weighted by Crippen LogP contribution is 2.49. The Kier molecular flexibility index (Phi) is 4.06. The lowest BCUT2D eigenvalue weighted by Crippen LogP contribution is -2.18. The number of rotatable bonds is 4. The Morgan fingerprint density at radius 2 is 2.24 bits per heavy atom. The molecule has 1 aliphatic rings. The molecule has 1 fully saturated rings. The Morgan fingerprint density at radius 3 is 2.82 bits per heavy atom. The standard InChI is InChI=1S/C12H13BrClNOS/c13-9-2-1-8(14)5-10(9)15-11(16)6-12(7-17)3-4-12/h1-2,5,17H,3-4,6-7H2,(H,15,16). The Hall–Kier alpha value is -0.190. The van der Waals surface area contributed by atoms with E-state index < -0.39 is 0 Å². The van der Waals surface area contributed by atoms with Crippen molar-refractivity contribution in [3.63, 3.8) is 0 Å². The van der Waals surface area contributed by atoms with E-state index in [9.17, 15) is 4.79 Å². The number of carbonyl (C=O) groups is 1. The molecule has 1 amide bonds. The van der Waals surface area contributed by atoms with Crippen LogP contribution >= 0.6 is 40.2 Å². The quantitative estimate of drug-likeness (QED) is 0.796. The van der Waals surface area contributed by atoms with Crippen LogP contribution in [0.1, 0.15) is 19.3 Å². The Labute approximate surface area is 120 Å². The van der Waals surface area contributed by atoms with Crippen molar-refractivity contribution in [3.05, 3.63) is 27.7 Å². The van der Waals surface area contributed by atoms with Crippen molar-refractivity contribution >= 4 is 51.8 Å². The van der Waals surface area contributed by atoms with Crippen molar-refractivity contribution in [1.29, 1.82) is 0 Å². The summed E-state index contributed by atoms with van der Waals surface area (Å²) in [6.45, 7) is 0. The van der Waals surface area contributed by atoms with Crippen molar-refractivity contribution in [2.24, 2.45) is 5.41 Å². The van der Waals surface area contributed by atoms with Gasteiger partial charge < -0.3 is 5.32 Å². The van der Waals surface area contributed by atoms with Crippen LogP contribution in [-0.2, 0) is 4.79 Å². The van der Waals surface area contributed by atoms with E-state index in [2.05, 4.69) is 33.9 Å². The summed E-state index contributed by atoms with van der Waals surface area (Å²) in [5.41, 5.74) is 0.857. The van der Waals surface area contributed by atoms with Crippen LogP contribution in [0, 0.1) is 5.41 Å². The fourth-order valence-corrected chi connectivity index (χ4v) is 2.64. The van der Waals surface area contributed by atoms with Gasteiger partial charge in [-0.1, -0.05) is 11.6 Å². The zero-order chi connectivity index (χ0) is 12.5. The summed E-state index contributed by atoms with van der Waals surface area (Å²) >= 11 is 13.6. The largest absolute Gasteiger partial charge is 0.325 e. The number of anilines is 1. The second-order valence-corrected chi connectivity index (χ2v) is 6.11. The number of amides is 1. The smallest absolute Gasteiger partial charge is 0.224 e. The highest BCUT2D eigenvalue weighted by Gasteiger charge is 2.42. The molecule has 5 heteroatoms. The van der Waals surface area contributed by atoms with E-state index in [1.165, 1.54) is 0 Å². The minimum absolute atomic E-state index is 0.0273. The fraction of sp³-hybridized carbons (Fsp3) is 0.417. The SMILES string of the molecule is O=C(CC1(CS)CC1)Nc1cc(Cl)ccc1Br. The van der Waals surface area contributed by atoms with Gasteiger partial charge in [-0.2, -0.15) is 12.6 Å². The molecule has 2 nitrogen and oxygen atoms in total. The second-order valence-electron chi connectivity index (χ2n) is 4.51. The van der Waals surface area contributed by atoms with Crippen molar-refractivity contribution in [3.8, 4) is 0 Å². The molecule has 0 saturated heterocycles. The van der Waals surface area contributed by atoms with Crippen LogP contribution in [0.15, 0.2) is 22.7 Å². The summed E-state index contributed by atoms with van der Waals surface area (Å²) in [4.78, 5) is 11.9. The molecule has 0 heterocycles. The maximum Gasteiger partial charge on any atom is 0.224 e. The molecule has 1 saturated carbocycles. The van der Waals surface area contributed by atoms with Gasteiger partial charge in [0.15, 0.2) is 0 Å². The van der Waals surface area contributed by atoms with Crippen LogP contribution in [0.4, 0.5) is 5.69 Å². The Balaban J connectivity index is 2.00. The van der Waals surface area contributed by atoms with Gasteiger partial charge in [0, 0.05) is 15.9 Å². The van der Waals surface area contributed by atoms with Crippen molar-refractivity contribution in [2.75, 3.05) is 11.1 Å². The molecule has 1 N–H and O–H groups in total. The van der Waals surface area contributed by atoms with Crippen LogP contribution in [0.2, 0.25) is 5.02 Å². The Bertz CT molecular complexity index is 448. The topological polar surface area (TPSA) is 29.1 Å². The average Bonchev–Trinajstić information content (AvgIpc) is 3.04. The zero-order valence-electron chi connectivity index (χ0n) is 9.17. The summed E-state index contributed by atoms with van der Waals surface area (Å²) in [5.74, 6) is 0.802. The molecule has 1 aromatic carbocycles. The van der Waals surface area contributed by atoms with Gasteiger partial charge in [0.1, 0.15) is 0 Å². The highest BCUT2D eigenvalue weighted by atomic mass is 79.9. The third-order valence-electron chi connectivity index (χ3n) is 3.03. The van der Waals surface area contributed by atoms with Gasteiger partial charge in [-0.25, -0.2) is 0 Å². The number of carbonyl (C=O) groups excluding carboxylic acids is 1. The van der Waals surface area contributed by atoms with Crippen LogP contribution in [0.3, 0.4) is 0 Å². The second kappa shape index (κ2) is 5.21. The molecule has 92 valence electrons. The van der Waals surface area contributed by atoms with Crippen LogP contribution in [0.25, 0.3) is 0 Å². The molecular formula is C12H13BrClNOS. The molecule has 0 atom stereocenters. The average molecular weight is 335 g/mol. The van der Waals surface area contributed by atoms with E-state index in [0.717, 1.165) is 28.8 Å². The van der Waals surface area contributed by atoms with E-state index in [0.29, 0.717) is 11.4 Å².